The molecule has 1 fully saturated rings. The van der Waals surface area contributed by atoms with Crippen LogP contribution in [0.4, 0.5) is 11.4 Å². The van der Waals surface area contributed by atoms with Crippen LogP contribution >= 0.6 is 0 Å². The van der Waals surface area contributed by atoms with Gasteiger partial charge in [-0.1, -0.05) is 30.2 Å². The lowest BCUT2D eigenvalue weighted by molar-refractivity contribution is 0.653. The number of pyridine rings is 2. The first-order chi connectivity index (χ1) is 15.8. The van der Waals surface area contributed by atoms with Crippen LogP contribution in [0.15, 0.2) is 78.2 Å². The molecule has 160 valence electrons. The highest BCUT2D eigenvalue weighted by Crippen LogP contribution is 2.31. The largest absolute Gasteiger partial charge is 0.368 e. The second-order valence-corrected chi connectivity index (χ2v) is 7.49. The van der Waals surface area contributed by atoms with Gasteiger partial charge in [0, 0.05) is 74.9 Å². The molecule has 4 rings (SSSR count). The van der Waals surface area contributed by atoms with Crippen LogP contribution < -0.4 is 9.80 Å². The van der Waals surface area contributed by atoms with Crippen molar-refractivity contribution in [2.24, 2.45) is 4.99 Å². The molecule has 5 nitrogen and oxygen atoms in total. The number of benzene rings is 1. The Labute approximate surface area is 190 Å². The van der Waals surface area contributed by atoms with Crippen molar-refractivity contribution >= 4 is 23.2 Å². The molecule has 1 aromatic carbocycles. The van der Waals surface area contributed by atoms with Gasteiger partial charge in [-0.2, -0.15) is 0 Å². The maximum atomic E-state index is 4.73. The summed E-state index contributed by atoms with van der Waals surface area (Å²) in [5.41, 5.74) is 6.56. The van der Waals surface area contributed by atoms with Gasteiger partial charge in [0.05, 0.1) is 11.4 Å². The molecule has 1 aliphatic heterocycles. The average molecular weight is 422 g/mol. The summed E-state index contributed by atoms with van der Waals surface area (Å²) in [4.78, 5) is 17.7. The lowest BCUT2D eigenvalue weighted by Crippen LogP contribution is -2.46. The molecule has 0 aliphatic carbocycles. The summed E-state index contributed by atoms with van der Waals surface area (Å²) < 4.78 is 0. The monoisotopic (exact) mass is 421 g/mol. The van der Waals surface area contributed by atoms with Gasteiger partial charge in [0.15, 0.2) is 0 Å². The number of anilines is 2. The van der Waals surface area contributed by atoms with Gasteiger partial charge < -0.3 is 9.80 Å². The van der Waals surface area contributed by atoms with Crippen molar-refractivity contribution in [3.63, 3.8) is 0 Å². The Bertz CT molecular complexity index is 1150. The van der Waals surface area contributed by atoms with Crippen molar-refractivity contribution in [2.75, 3.05) is 43.0 Å². The molecule has 0 bridgehead atoms. The number of aromatic nitrogens is 2. The fraction of sp³-hybridized carbons (Fsp3) is 0.222. The molecule has 3 heterocycles. The van der Waals surface area contributed by atoms with Crippen LogP contribution in [0.5, 0.6) is 0 Å². The second-order valence-electron chi connectivity index (χ2n) is 7.49. The number of rotatable bonds is 5. The third kappa shape index (κ3) is 4.87. The summed E-state index contributed by atoms with van der Waals surface area (Å²) in [5.74, 6) is 6.14. The molecule has 0 atom stereocenters. The first kappa shape index (κ1) is 21.3. The van der Waals surface area contributed by atoms with Crippen LogP contribution in [-0.2, 0) is 0 Å². The fourth-order valence-corrected chi connectivity index (χ4v) is 3.94. The van der Waals surface area contributed by atoms with Crippen LogP contribution in [0.25, 0.3) is 16.8 Å². The SMILES string of the molecule is CC#C/C(=C\C=NC)c1ccc(-c2ncccc2N2CCN(c3ccncc3)CC2)cc1. The summed E-state index contributed by atoms with van der Waals surface area (Å²) in [5, 5.41) is 0. The number of allylic oxidation sites excluding steroid dienone is 2. The molecule has 0 radical (unpaired) electrons. The molecule has 0 N–H and O–H groups in total. The van der Waals surface area contributed by atoms with Gasteiger partial charge >= 0.3 is 0 Å². The fourth-order valence-electron chi connectivity index (χ4n) is 3.94. The van der Waals surface area contributed by atoms with Gasteiger partial charge in [0.2, 0.25) is 0 Å². The topological polar surface area (TPSA) is 44.6 Å². The normalized spacial score (nSPS) is 14.4. The Balaban J connectivity index is 1.54. The summed E-state index contributed by atoms with van der Waals surface area (Å²) in [6, 6.07) is 16.8. The Kier molecular flexibility index (Phi) is 6.94. The molecule has 0 amide bonds. The van der Waals surface area contributed by atoms with Crippen LogP contribution in [0, 0.1) is 11.8 Å². The van der Waals surface area contributed by atoms with Crippen molar-refractivity contribution in [2.45, 2.75) is 6.92 Å². The molecule has 0 unspecified atom stereocenters. The van der Waals surface area contributed by atoms with Gasteiger partial charge in [-0.25, -0.2) is 0 Å². The molecule has 1 aliphatic rings. The lowest BCUT2D eigenvalue weighted by Gasteiger charge is -2.37. The first-order valence-electron chi connectivity index (χ1n) is 10.8. The van der Waals surface area contributed by atoms with Crippen LogP contribution in [-0.4, -0.2) is 49.4 Å². The molecule has 2 aromatic heterocycles. The third-order valence-corrected chi connectivity index (χ3v) is 5.55. The molecular weight excluding hydrogens is 394 g/mol. The van der Waals surface area contributed by atoms with Gasteiger partial charge in [0.1, 0.15) is 0 Å². The third-order valence-electron chi connectivity index (χ3n) is 5.55. The maximum Gasteiger partial charge on any atom is 0.0935 e. The highest BCUT2D eigenvalue weighted by molar-refractivity contribution is 5.91. The van der Waals surface area contributed by atoms with E-state index in [2.05, 4.69) is 74.1 Å². The maximum absolute atomic E-state index is 4.73. The summed E-state index contributed by atoms with van der Waals surface area (Å²) in [6.07, 6.45) is 9.29. The van der Waals surface area contributed by atoms with E-state index in [4.69, 9.17) is 4.98 Å². The quantitative estimate of drug-likeness (QED) is 0.447. The average Bonchev–Trinajstić information content (AvgIpc) is 2.87. The van der Waals surface area contributed by atoms with E-state index < -0.39 is 0 Å². The molecule has 3 aromatic rings. The Morgan fingerprint density at radius 1 is 0.938 bits per heavy atom. The standard InChI is InChI=1S/C27H27N5/c1-3-5-22(11-15-28-2)23-7-9-24(10-8-23)27-26(6-4-14-30-27)32-20-18-31(19-21-32)25-12-16-29-17-13-25/h4,6-17H,18-21H2,1-2H3/b22-11+,28-15?. The van der Waals surface area contributed by atoms with Gasteiger partial charge in [-0.15, -0.1) is 5.92 Å². The smallest absolute Gasteiger partial charge is 0.0935 e. The molecule has 0 spiro atoms. The van der Waals surface area contributed by atoms with Crippen molar-refractivity contribution in [1.82, 2.24) is 9.97 Å². The number of hydrogen-bond acceptors (Lipinski definition) is 5. The molecular formula is C27H27N5. The van der Waals surface area contributed by atoms with Crippen molar-refractivity contribution in [1.29, 1.82) is 0 Å². The molecule has 5 heteroatoms. The predicted octanol–water partition coefficient (Wildman–Crippen LogP) is 4.58. The zero-order valence-electron chi connectivity index (χ0n) is 18.6. The van der Waals surface area contributed by atoms with Crippen molar-refractivity contribution in [3.05, 3.63) is 78.8 Å². The zero-order chi connectivity index (χ0) is 22.2. The van der Waals surface area contributed by atoms with Gasteiger partial charge in [-0.05, 0) is 42.8 Å². The molecule has 1 saturated heterocycles. The minimum atomic E-state index is 0.953. The lowest BCUT2D eigenvalue weighted by atomic mass is 10.0. The minimum absolute atomic E-state index is 0.953. The number of hydrogen-bond donors (Lipinski definition) is 0. The van der Waals surface area contributed by atoms with Crippen molar-refractivity contribution < 1.29 is 0 Å². The van der Waals surface area contributed by atoms with Gasteiger partial charge in [0.25, 0.3) is 0 Å². The zero-order valence-corrected chi connectivity index (χ0v) is 18.6. The summed E-state index contributed by atoms with van der Waals surface area (Å²) >= 11 is 0. The highest BCUT2D eigenvalue weighted by Gasteiger charge is 2.20. The predicted molar refractivity (Wildman–Crippen MR) is 134 cm³/mol. The van der Waals surface area contributed by atoms with Gasteiger partial charge in [-0.3, -0.25) is 15.0 Å². The molecule has 32 heavy (non-hydrogen) atoms. The minimum Gasteiger partial charge on any atom is -0.368 e. The van der Waals surface area contributed by atoms with E-state index >= 15 is 0 Å². The van der Waals surface area contributed by atoms with E-state index in [0.717, 1.165) is 48.6 Å². The van der Waals surface area contributed by atoms with Crippen molar-refractivity contribution in [3.8, 4) is 23.1 Å². The number of nitrogens with zero attached hydrogens (tertiary/aromatic N) is 5. The number of aliphatic imine (C=N–C) groups is 1. The second kappa shape index (κ2) is 10.4. The Morgan fingerprint density at radius 3 is 2.34 bits per heavy atom. The van der Waals surface area contributed by atoms with E-state index in [0.29, 0.717) is 0 Å². The van der Waals surface area contributed by atoms with Crippen LogP contribution in [0.3, 0.4) is 0 Å². The van der Waals surface area contributed by atoms with E-state index in [-0.39, 0.29) is 0 Å². The summed E-state index contributed by atoms with van der Waals surface area (Å²) in [7, 11) is 1.76. The Hall–Kier alpha value is -3.91. The van der Waals surface area contributed by atoms with E-state index in [9.17, 15) is 0 Å². The van der Waals surface area contributed by atoms with Crippen LogP contribution in [0.1, 0.15) is 12.5 Å². The molecule has 0 saturated carbocycles. The van der Waals surface area contributed by atoms with Crippen LogP contribution in [0.2, 0.25) is 0 Å². The van der Waals surface area contributed by atoms with E-state index in [1.807, 2.05) is 37.7 Å². The summed E-state index contributed by atoms with van der Waals surface area (Å²) in [6.45, 7) is 5.70. The number of piperazine rings is 1. The highest BCUT2D eigenvalue weighted by atomic mass is 15.3. The first-order valence-corrected chi connectivity index (χ1v) is 10.8. The Morgan fingerprint density at radius 2 is 1.66 bits per heavy atom. The van der Waals surface area contributed by atoms with E-state index in [1.165, 1.54) is 11.4 Å². The van der Waals surface area contributed by atoms with E-state index in [1.54, 1.807) is 13.3 Å².